The second-order valence-corrected chi connectivity index (χ2v) is 5.64. The lowest BCUT2D eigenvalue weighted by Crippen LogP contribution is -2.18. The molecule has 132 valence electrons. The number of hydrogen-bond donors (Lipinski definition) is 3. The number of carbonyl (C=O) groups is 2. The largest absolute Gasteiger partial charge is 0.478 e. The highest BCUT2D eigenvalue weighted by Crippen LogP contribution is 2.12. The van der Waals surface area contributed by atoms with Gasteiger partial charge in [0, 0.05) is 18.4 Å². The summed E-state index contributed by atoms with van der Waals surface area (Å²) in [6, 6.07) is 15.7. The Kier molecular flexibility index (Phi) is 6.52. The van der Waals surface area contributed by atoms with Gasteiger partial charge < -0.3 is 15.7 Å². The van der Waals surface area contributed by atoms with E-state index in [-0.39, 0.29) is 11.1 Å². The Bertz CT molecular complexity index is 882. The van der Waals surface area contributed by atoms with Crippen LogP contribution in [0, 0.1) is 18.3 Å². The van der Waals surface area contributed by atoms with E-state index < -0.39 is 11.9 Å². The zero-order valence-electron chi connectivity index (χ0n) is 14.3. The number of nitriles is 1. The molecule has 0 atom stereocenters. The second kappa shape index (κ2) is 9.04. The lowest BCUT2D eigenvalue weighted by atomic mass is 10.1. The Morgan fingerprint density at radius 3 is 2.65 bits per heavy atom. The SMILES string of the molecule is Cc1ccccc1CCN/C=C(/C#N)C(=O)Nc1cccc(C(=O)O)c1. The maximum Gasteiger partial charge on any atom is 0.335 e. The van der Waals surface area contributed by atoms with Crippen molar-refractivity contribution in [1.29, 1.82) is 5.26 Å². The van der Waals surface area contributed by atoms with Gasteiger partial charge in [0.05, 0.1) is 5.56 Å². The Morgan fingerprint density at radius 2 is 1.96 bits per heavy atom. The molecule has 0 heterocycles. The first-order chi connectivity index (χ1) is 12.5. The molecule has 0 aliphatic carbocycles. The summed E-state index contributed by atoms with van der Waals surface area (Å²) in [5.74, 6) is -1.69. The molecule has 1 amide bonds. The summed E-state index contributed by atoms with van der Waals surface area (Å²) in [4.78, 5) is 23.1. The maximum atomic E-state index is 12.2. The number of benzene rings is 2. The number of nitrogens with one attached hydrogen (secondary N) is 2. The van der Waals surface area contributed by atoms with Crippen molar-refractivity contribution in [3.05, 3.63) is 77.0 Å². The molecule has 6 heteroatoms. The number of aryl methyl sites for hydroxylation is 1. The minimum absolute atomic E-state index is 0.0571. The molecule has 0 saturated carbocycles. The van der Waals surface area contributed by atoms with Gasteiger partial charge in [0.1, 0.15) is 11.6 Å². The molecule has 0 bridgehead atoms. The number of carboxylic acids is 1. The number of aromatic carboxylic acids is 1. The molecule has 0 spiro atoms. The van der Waals surface area contributed by atoms with Crippen molar-refractivity contribution in [2.24, 2.45) is 0 Å². The van der Waals surface area contributed by atoms with Gasteiger partial charge in [-0.3, -0.25) is 4.79 Å². The Balaban J connectivity index is 1.94. The highest BCUT2D eigenvalue weighted by Gasteiger charge is 2.10. The lowest BCUT2D eigenvalue weighted by Gasteiger charge is -2.07. The molecule has 2 aromatic rings. The van der Waals surface area contributed by atoms with Crippen molar-refractivity contribution < 1.29 is 14.7 Å². The van der Waals surface area contributed by atoms with Crippen molar-refractivity contribution in [2.75, 3.05) is 11.9 Å². The predicted octanol–water partition coefficient (Wildman–Crippen LogP) is 2.87. The van der Waals surface area contributed by atoms with Crippen LogP contribution < -0.4 is 10.6 Å². The van der Waals surface area contributed by atoms with E-state index in [0.717, 1.165) is 6.42 Å². The lowest BCUT2D eigenvalue weighted by molar-refractivity contribution is -0.112. The van der Waals surface area contributed by atoms with Gasteiger partial charge >= 0.3 is 5.97 Å². The van der Waals surface area contributed by atoms with Gasteiger partial charge in [0.2, 0.25) is 0 Å². The van der Waals surface area contributed by atoms with Crippen LogP contribution in [0.4, 0.5) is 5.69 Å². The Labute approximate surface area is 151 Å². The number of rotatable bonds is 7. The van der Waals surface area contributed by atoms with Crippen molar-refractivity contribution >= 4 is 17.6 Å². The molecule has 26 heavy (non-hydrogen) atoms. The normalized spacial score (nSPS) is 10.7. The third-order valence-electron chi connectivity index (χ3n) is 3.78. The summed E-state index contributed by atoms with van der Waals surface area (Å²) in [5.41, 5.74) is 2.67. The molecule has 0 unspecified atom stereocenters. The molecule has 0 radical (unpaired) electrons. The molecule has 2 rings (SSSR count). The third-order valence-corrected chi connectivity index (χ3v) is 3.78. The zero-order valence-corrected chi connectivity index (χ0v) is 14.3. The second-order valence-electron chi connectivity index (χ2n) is 5.64. The van der Waals surface area contributed by atoms with Crippen molar-refractivity contribution in [3.8, 4) is 6.07 Å². The van der Waals surface area contributed by atoms with Crippen LogP contribution in [0.1, 0.15) is 21.5 Å². The summed E-state index contributed by atoms with van der Waals surface area (Å²) >= 11 is 0. The number of hydrogen-bond acceptors (Lipinski definition) is 4. The van der Waals surface area contributed by atoms with E-state index in [1.165, 1.54) is 35.5 Å². The average Bonchev–Trinajstić information content (AvgIpc) is 2.63. The molecular formula is C20H19N3O3. The molecular weight excluding hydrogens is 330 g/mol. The fourth-order valence-electron chi connectivity index (χ4n) is 2.35. The van der Waals surface area contributed by atoms with Crippen LogP contribution in [0.2, 0.25) is 0 Å². The number of nitrogens with zero attached hydrogens (tertiary/aromatic N) is 1. The van der Waals surface area contributed by atoms with Gasteiger partial charge in [0.25, 0.3) is 5.91 Å². The van der Waals surface area contributed by atoms with E-state index in [0.29, 0.717) is 12.2 Å². The van der Waals surface area contributed by atoms with Crippen LogP contribution in [0.3, 0.4) is 0 Å². The van der Waals surface area contributed by atoms with Gasteiger partial charge in [-0.1, -0.05) is 30.3 Å². The molecule has 0 aromatic heterocycles. The first kappa shape index (κ1) is 18.7. The number of carbonyl (C=O) groups excluding carboxylic acids is 1. The smallest absolute Gasteiger partial charge is 0.335 e. The molecule has 0 aliphatic rings. The molecule has 3 N–H and O–H groups in total. The van der Waals surface area contributed by atoms with Crippen LogP contribution in [0.5, 0.6) is 0 Å². The van der Waals surface area contributed by atoms with Crippen LogP contribution in [-0.2, 0) is 11.2 Å². The van der Waals surface area contributed by atoms with E-state index in [2.05, 4.69) is 10.6 Å². The van der Waals surface area contributed by atoms with E-state index in [1.54, 1.807) is 6.07 Å². The first-order valence-electron chi connectivity index (χ1n) is 8.04. The monoisotopic (exact) mass is 349 g/mol. The van der Waals surface area contributed by atoms with Crippen molar-refractivity contribution in [1.82, 2.24) is 5.32 Å². The number of anilines is 1. The van der Waals surface area contributed by atoms with Crippen molar-refractivity contribution in [2.45, 2.75) is 13.3 Å². The van der Waals surface area contributed by atoms with Crippen LogP contribution in [0.25, 0.3) is 0 Å². The Hall–Kier alpha value is -3.59. The minimum atomic E-state index is -1.09. The van der Waals surface area contributed by atoms with E-state index in [9.17, 15) is 9.59 Å². The van der Waals surface area contributed by atoms with Crippen molar-refractivity contribution in [3.63, 3.8) is 0 Å². The summed E-state index contributed by atoms with van der Waals surface area (Å²) < 4.78 is 0. The van der Waals surface area contributed by atoms with Gasteiger partial charge in [-0.2, -0.15) is 5.26 Å². The highest BCUT2D eigenvalue weighted by molar-refractivity contribution is 6.06. The van der Waals surface area contributed by atoms with Crippen LogP contribution in [0.15, 0.2) is 60.3 Å². The molecule has 0 fully saturated rings. The van der Waals surface area contributed by atoms with E-state index in [4.69, 9.17) is 10.4 Å². The third kappa shape index (κ3) is 5.21. The summed E-state index contributed by atoms with van der Waals surface area (Å²) in [5, 5.41) is 23.6. The highest BCUT2D eigenvalue weighted by atomic mass is 16.4. The predicted molar refractivity (Wildman–Crippen MR) is 98.6 cm³/mol. The van der Waals surface area contributed by atoms with Gasteiger partial charge in [0.15, 0.2) is 0 Å². The molecule has 0 aliphatic heterocycles. The van der Waals surface area contributed by atoms with Gasteiger partial charge in [-0.05, 0) is 42.7 Å². The van der Waals surface area contributed by atoms with Gasteiger partial charge in [-0.15, -0.1) is 0 Å². The number of amides is 1. The van der Waals surface area contributed by atoms with Gasteiger partial charge in [-0.25, -0.2) is 4.79 Å². The Morgan fingerprint density at radius 1 is 1.19 bits per heavy atom. The zero-order chi connectivity index (χ0) is 18.9. The van der Waals surface area contributed by atoms with Crippen LogP contribution in [-0.4, -0.2) is 23.5 Å². The quantitative estimate of drug-likeness (QED) is 0.405. The fraction of sp³-hybridized carbons (Fsp3) is 0.150. The summed E-state index contributed by atoms with van der Waals surface area (Å²) in [6.45, 7) is 2.61. The number of carboxylic acid groups (broad SMARTS) is 1. The molecule has 2 aromatic carbocycles. The topological polar surface area (TPSA) is 102 Å². The van der Waals surface area contributed by atoms with E-state index >= 15 is 0 Å². The van der Waals surface area contributed by atoms with Crippen LogP contribution >= 0.6 is 0 Å². The minimum Gasteiger partial charge on any atom is -0.478 e. The summed E-state index contributed by atoms with van der Waals surface area (Å²) in [6.07, 6.45) is 2.14. The van der Waals surface area contributed by atoms with E-state index in [1.807, 2.05) is 37.3 Å². The fourth-order valence-corrected chi connectivity index (χ4v) is 2.35. The summed E-state index contributed by atoms with van der Waals surface area (Å²) in [7, 11) is 0. The molecule has 6 nitrogen and oxygen atoms in total. The maximum absolute atomic E-state index is 12.2. The standard InChI is InChI=1S/C20H19N3O3/c1-14-5-2-3-6-15(14)9-10-22-13-17(12-21)19(24)23-18-8-4-7-16(11-18)20(25)26/h2-8,11,13,22H,9-10H2,1H3,(H,23,24)(H,25,26)/b17-13-. The first-order valence-corrected chi connectivity index (χ1v) is 8.04. The average molecular weight is 349 g/mol. The molecule has 0 saturated heterocycles.